The van der Waals surface area contributed by atoms with Gasteiger partial charge in [-0.1, -0.05) is 0 Å². The molecule has 1 aromatic rings. The summed E-state index contributed by atoms with van der Waals surface area (Å²) in [5.74, 6) is -2.90. The standard InChI is InChI=1S/C14H14F2N2O4S/c1-22-11(19)4-3-10-13(20)18(14(21)17-10)7-5-8(15)12(23-2)9(16)6-7/h5-6,10H,3-4H2,1-2H3,(H,17,21)/t10-/m1/s1. The van der Waals surface area contributed by atoms with Crippen LogP contribution in [0.25, 0.3) is 0 Å². The van der Waals surface area contributed by atoms with E-state index >= 15 is 0 Å². The van der Waals surface area contributed by atoms with E-state index in [0.29, 0.717) is 4.90 Å². The third-order valence-corrected chi connectivity index (χ3v) is 4.13. The van der Waals surface area contributed by atoms with Crippen molar-refractivity contribution in [2.75, 3.05) is 18.3 Å². The van der Waals surface area contributed by atoms with Crippen LogP contribution in [-0.2, 0) is 14.3 Å². The number of carbonyl (C=O) groups is 3. The van der Waals surface area contributed by atoms with Gasteiger partial charge in [0.25, 0.3) is 5.91 Å². The Kier molecular flexibility index (Phi) is 5.19. The number of esters is 1. The molecule has 0 aliphatic carbocycles. The molecule has 1 aliphatic rings. The molecule has 0 aromatic heterocycles. The second-order valence-electron chi connectivity index (χ2n) is 4.73. The van der Waals surface area contributed by atoms with E-state index in [1.807, 2.05) is 0 Å². The smallest absolute Gasteiger partial charge is 0.329 e. The van der Waals surface area contributed by atoms with Gasteiger partial charge in [-0.2, -0.15) is 0 Å². The number of urea groups is 1. The Balaban J connectivity index is 2.22. The first-order valence-corrected chi connectivity index (χ1v) is 7.85. The number of hydrogen-bond donors (Lipinski definition) is 1. The van der Waals surface area contributed by atoms with Gasteiger partial charge in [0.15, 0.2) is 0 Å². The number of anilines is 1. The van der Waals surface area contributed by atoms with Gasteiger partial charge in [-0.25, -0.2) is 18.5 Å². The lowest BCUT2D eigenvalue weighted by Gasteiger charge is -2.14. The summed E-state index contributed by atoms with van der Waals surface area (Å²) in [4.78, 5) is 35.7. The molecule has 1 atom stereocenters. The Morgan fingerprint density at radius 2 is 1.96 bits per heavy atom. The molecule has 1 saturated heterocycles. The van der Waals surface area contributed by atoms with Gasteiger partial charge >= 0.3 is 12.0 Å². The number of methoxy groups -OCH3 is 1. The molecule has 124 valence electrons. The lowest BCUT2D eigenvalue weighted by atomic mass is 10.1. The number of benzene rings is 1. The molecular formula is C14H14F2N2O4S. The largest absolute Gasteiger partial charge is 0.469 e. The highest BCUT2D eigenvalue weighted by atomic mass is 32.2. The topological polar surface area (TPSA) is 75.7 Å². The zero-order valence-electron chi connectivity index (χ0n) is 12.4. The second kappa shape index (κ2) is 6.95. The fourth-order valence-corrected chi connectivity index (χ4v) is 2.71. The lowest BCUT2D eigenvalue weighted by molar-refractivity contribution is -0.140. The number of nitrogens with zero attached hydrogens (tertiary/aromatic N) is 1. The first kappa shape index (κ1) is 17.2. The molecule has 6 nitrogen and oxygen atoms in total. The molecule has 9 heteroatoms. The van der Waals surface area contributed by atoms with E-state index < -0.39 is 35.6 Å². The predicted octanol–water partition coefficient (Wildman–Crippen LogP) is 2.06. The Labute approximate surface area is 135 Å². The van der Waals surface area contributed by atoms with E-state index in [0.717, 1.165) is 23.9 Å². The SMILES string of the molecule is COC(=O)CC[C@H]1NC(=O)N(c2cc(F)c(SC)c(F)c2)C1=O. The Hall–Kier alpha value is -2.16. The minimum atomic E-state index is -0.937. The highest BCUT2D eigenvalue weighted by Gasteiger charge is 2.39. The van der Waals surface area contributed by atoms with Crippen LogP contribution in [0.5, 0.6) is 0 Å². The number of thioether (sulfide) groups is 1. The van der Waals surface area contributed by atoms with Crippen LogP contribution in [0.3, 0.4) is 0 Å². The quantitative estimate of drug-likeness (QED) is 0.503. The highest BCUT2D eigenvalue weighted by Crippen LogP contribution is 2.30. The number of halogens is 2. The third-order valence-electron chi connectivity index (χ3n) is 3.33. The molecule has 1 aromatic carbocycles. The summed E-state index contributed by atoms with van der Waals surface area (Å²) in [6.07, 6.45) is 1.49. The number of ether oxygens (including phenoxy) is 1. The molecule has 0 bridgehead atoms. The van der Waals surface area contributed by atoms with Crippen LogP contribution in [0.4, 0.5) is 19.3 Å². The Morgan fingerprint density at radius 1 is 1.35 bits per heavy atom. The number of nitrogens with one attached hydrogen (secondary N) is 1. The molecule has 1 N–H and O–H groups in total. The molecular weight excluding hydrogens is 330 g/mol. The van der Waals surface area contributed by atoms with Gasteiger partial charge in [-0.05, 0) is 24.8 Å². The number of amides is 3. The van der Waals surface area contributed by atoms with Gasteiger partial charge in [-0.3, -0.25) is 9.59 Å². The maximum atomic E-state index is 13.8. The fraction of sp³-hybridized carbons (Fsp3) is 0.357. The van der Waals surface area contributed by atoms with E-state index in [-0.39, 0.29) is 23.4 Å². The number of hydrogen-bond acceptors (Lipinski definition) is 5. The lowest BCUT2D eigenvalue weighted by Crippen LogP contribution is -2.31. The number of rotatable bonds is 5. The van der Waals surface area contributed by atoms with Gasteiger partial charge in [0, 0.05) is 6.42 Å². The molecule has 2 rings (SSSR count). The normalized spacial score (nSPS) is 17.4. The predicted molar refractivity (Wildman–Crippen MR) is 79.2 cm³/mol. The summed E-state index contributed by atoms with van der Waals surface area (Å²) in [6.45, 7) is 0. The molecule has 1 heterocycles. The molecule has 1 fully saturated rings. The molecule has 1 aliphatic heterocycles. The summed E-state index contributed by atoms with van der Waals surface area (Å²) in [6, 6.07) is 0.123. The average molecular weight is 344 g/mol. The van der Waals surface area contributed by atoms with Crippen LogP contribution < -0.4 is 10.2 Å². The van der Waals surface area contributed by atoms with Crippen molar-refractivity contribution in [3.8, 4) is 0 Å². The van der Waals surface area contributed by atoms with E-state index in [2.05, 4.69) is 10.1 Å². The molecule has 0 spiro atoms. The zero-order valence-corrected chi connectivity index (χ0v) is 13.2. The number of carbonyl (C=O) groups excluding carboxylic acids is 3. The highest BCUT2D eigenvalue weighted by molar-refractivity contribution is 7.98. The van der Waals surface area contributed by atoms with Gasteiger partial charge < -0.3 is 10.1 Å². The minimum Gasteiger partial charge on any atom is -0.469 e. The van der Waals surface area contributed by atoms with Crippen molar-refractivity contribution in [1.29, 1.82) is 0 Å². The summed E-state index contributed by atoms with van der Waals surface area (Å²) < 4.78 is 32.1. The first-order chi connectivity index (χ1) is 10.9. The zero-order chi connectivity index (χ0) is 17.1. The number of imide groups is 1. The van der Waals surface area contributed by atoms with Gasteiger partial charge in [0.05, 0.1) is 17.7 Å². The summed E-state index contributed by atoms with van der Waals surface area (Å²) in [5, 5.41) is 2.38. The van der Waals surface area contributed by atoms with Crippen molar-refractivity contribution in [2.45, 2.75) is 23.8 Å². The van der Waals surface area contributed by atoms with Crippen LogP contribution in [0.15, 0.2) is 17.0 Å². The Morgan fingerprint density at radius 3 is 2.48 bits per heavy atom. The summed E-state index contributed by atoms with van der Waals surface area (Å²) in [5.41, 5.74) is -0.194. The van der Waals surface area contributed by atoms with E-state index in [4.69, 9.17) is 0 Å². The van der Waals surface area contributed by atoms with Crippen molar-refractivity contribution in [1.82, 2.24) is 5.32 Å². The van der Waals surface area contributed by atoms with E-state index in [1.54, 1.807) is 0 Å². The van der Waals surface area contributed by atoms with Gasteiger partial charge in [0.1, 0.15) is 17.7 Å². The van der Waals surface area contributed by atoms with Crippen LogP contribution >= 0.6 is 11.8 Å². The molecule has 0 unspecified atom stereocenters. The van der Waals surface area contributed by atoms with Crippen molar-refractivity contribution < 1.29 is 27.9 Å². The van der Waals surface area contributed by atoms with Crippen molar-refractivity contribution >= 4 is 35.4 Å². The van der Waals surface area contributed by atoms with Crippen molar-refractivity contribution in [3.05, 3.63) is 23.8 Å². The maximum absolute atomic E-state index is 13.8. The molecule has 0 radical (unpaired) electrons. The molecule has 0 saturated carbocycles. The van der Waals surface area contributed by atoms with Gasteiger partial charge in [0.2, 0.25) is 0 Å². The Bertz CT molecular complexity index is 645. The minimum absolute atomic E-state index is 0.0433. The monoisotopic (exact) mass is 344 g/mol. The maximum Gasteiger partial charge on any atom is 0.329 e. The summed E-state index contributed by atoms with van der Waals surface area (Å²) in [7, 11) is 1.21. The van der Waals surface area contributed by atoms with Crippen LogP contribution in [0.2, 0.25) is 0 Å². The fourth-order valence-electron chi connectivity index (χ4n) is 2.21. The summed E-state index contributed by atoms with van der Waals surface area (Å²) >= 11 is 0.884. The average Bonchev–Trinajstić information content (AvgIpc) is 2.78. The van der Waals surface area contributed by atoms with Crippen LogP contribution in [0, 0.1) is 11.6 Å². The molecule has 23 heavy (non-hydrogen) atoms. The van der Waals surface area contributed by atoms with Crippen LogP contribution in [0.1, 0.15) is 12.8 Å². The van der Waals surface area contributed by atoms with Crippen molar-refractivity contribution in [3.63, 3.8) is 0 Å². The van der Waals surface area contributed by atoms with Crippen molar-refractivity contribution in [2.24, 2.45) is 0 Å². The van der Waals surface area contributed by atoms with Crippen LogP contribution in [-0.4, -0.2) is 37.3 Å². The van der Waals surface area contributed by atoms with E-state index in [9.17, 15) is 23.2 Å². The first-order valence-electron chi connectivity index (χ1n) is 6.63. The van der Waals surface area contributed by atoms with Gasteiger partial charge in [-0.15, -0.1) is 11.8 Å². The second-order valence-corrected chi connectivity index (χ2v) is 5.55. The third kappa shape index (κ3) is 3.44. The van der Waals surface area contributed by atoms with E-state index in [1.165, 1.54) is 13.4 Å². The molecule has 3 amide bonds.